The third kappa shape index (κ3) is 0.565. The van der Waals surface area contributed by atoms with Crippen molar-refractivity contribution in [2.75, 3.05) is 0 Å². The lowest BCUT2D eigenvalue weighted by atomic mass is 9.65. The lowest BCUT2D eigenvalue weighted by Gasteiger charge is -2.40. The fraction of sp³-hybridized carbons (Fsp3) is 0.545. The fourth-order valence-electron chi connectivity index (χ4n) is 2.84. The summed E-state index contributed by atoms with van der Waals surface area (Å²) in [5.41, 5.74) is 6.27. The van der Waals surface area contributed by atoms with Crippen LogP contribution in [0.4, 0.5) is 0 Å². The first-order valence-electron chi connectivity index (χ1n) is 4.68. The molecular weight excluding hydrogens is 146 g/mol. The maximum absolute atomic E-state index is 4.16. The van der Waals surface area contributed by atoms with Gasteiger partial charge in [-0.25, -0.2) is 0 Å². The molecule has 0 amide bonds. The van der Waals surface area contributed by atoms with E-state index in [2.05, 4.69) is 30.6 Å². The van der Waals surface area contributed by atoms with E-state index in [4.69, 9.17) is 0 Å². The molecule has 0 spiro atoms. The van der Waals surface area contributed by atoms with Crippen molar-refractivity contribution in [2.24, 2.45) is 11.8 Å². The zero-order valence-corrected chi connectivity index (χ0v) is 7.30. The van der Waals surface area contributed by atoms with Gasteiger partial charge in [-0.15, -0.1) is 5.73 Å². The first-order valence-corrected chi connectivity index (χ1v) is 4.68. The summed E-state index contributed by atoms with van der Waals surface area (Å²) in [6.07, 6.45) is 3.38. The smallest absolute Gasteiger partial charge is 0.0435 e. The van der Waals surface area contributed by atoms with E-state index >= 15 is 0 Å². The highest BCUT2D eigenvalue weighted by molar-refractivity contribution is 5.42. The molecule has 3 rings (SSSR count). The molecule has 2 fully saturated rings. The van der Waals surface area contributed by atoms with Gasteiger partial charge in [0.1, 0.15) is 0 Å². The zero-order chi connectivity index (χ0) is 8.29. The Labute approximate surface area is 72.9 Å². The topological polar surface area (TPSA) is 12.0 Å². The molecule has 0 aromatic heterocycles. The monoisotopic (exact) mass is 159 g/mol. The van der Waals surface area contributed by atoms with E-state index in [1.54, 1.807) is 0 Å². The van der Waals surface area contributed by atoms with Crippen LogP contribution in [0.1, 0.15) is 13.3 Å². The summed E-state index contributed by atoms with van der Waals surface area (Å²) in [4.78, 5) is 0. The molecule has 62 valence electrons. The maximum Gasteiger partial charge on any atom is 0.0435 e. The summed E-state index contributed by atoms with van der Waals surface area (Å²) in [5.74, 6) is 1.49. The van der Waals surface area contributed by atoms with E-state index in [1.165, 1.54) is 17.6 Å². The number of hydrogen-bond donors (Lipinski definition) is 1. The van der Waals surface area contributed by atoms with Gasteiger partial charge in [-0.2, -0.15) is 0 Å². The summed E-state index contributed by atoms with van der Waals surface area (Å²) in [7, 11) is 0. The summed E-state index contributed by atoms with van der Waals surface area (Å²) in [6, 6.07) is 1.11. The number of nitrogens with one attached hydrogen (secondary N) is 1. The van der Waals surface area contributed by atoms with E-state index in [9.17, 15) is 0 Å². The minimum Gasteiger partial charge on any atom is -0.303 e. The lowest BCUT2D eigenvalue weighted by molar-refractivity contribution is 0.294. The van der Waals surface area contributed by atoms with Crippen molar-refractivity contribution in [3.8, 4) is 0 Å². The number of rotatable bonds is 0. The average molecular weight is 159 g/mol. The molecule has 1 heterocycles. The van der Waals surface area contributed by atoms with Gasteiger partial charge in [0.25, 0.3) is 0 Å². The van der Waals surface area contributed by atoms with Gasteiger partial charge in [0.2, 0.25) is 0 Å². The van der Waals surface area contributed by atoms with Crippen LogP contribution in [0.5, 0.6) is 0 Å². The molecule has 3 unspecified atom stereocenters. The Morgan fingerprint density at radius 2 is 2.50 bits per heavy atom. The Balaban J connectivity index is 1.99. The summed E-state index contributed by atoms with van der Waals surface area (Å²) < 4.78 is 0. The molecule has 2 aliphatic carbocycles. The first-order chi connectivity index (χ1) is 5.79. The first kappa shape index (κ1) is 6.71. The molecule has 4 atom stereocenters. The van der Waals surface area contributed by atoms with Crippen molar-refractivity contribution < 1.29 is 0 Å². The van der Waals surface area contributed by atoms with Crippen LogP contribution in [-0.4, -0.2) is 12.1 Å². The van der Waals surface area contributed by atoms with E-state index < -0.39 is 0 Å². The quantitative estimate of drug-likeness (QED) is 0.418. The van der Waals surface area contributed by atoms with E-state index in [0.29, 0.717) is 12.1 Å². The lowest BCUT2D eigenvalue weighted by Crippen LogP contribution is -2.45. The standard InChI is InChI=1S/C11H13N/c1-6-7(2)12-11-9-5-3-4-8(9)10(6)11/h3,7-8,10-12H,1,4H2,2H3/t7?,8-,10?,11?/m0/s1. The van der Waals surface area contributed by atoms with Crippen molar-refractivity contribution in [3.63, 3.8) is 0 Å². The highest BCUT2D eigenvalue weighted by atomic mass is 15.0. The summed E-state index contributed by atoms with van der Waals surface area (Å²) in [5, 5.41) is 3.56. The molecule has 3 aliphatic rings. The highest BCUT2D eigenvalue weighted by Gasteiger charge is 2.52. The van der Waals surface area contributed by atoms with Crippen LogP contribution in [0.2, 0.25) is 0 Å². The Kier molecular flexibility index (Phi) is 1.08. The molecule has 1 nitrogen and oxygen atoms in total. The maximum atomic E-state index is 4.16. The Morgan fingerprint density at radius 3 is 3.33 bits per heavy atom. The van der Waals surface area contributed by atoms with Crippen LogP contribution >= 0.6 is 0 Å². The Morgan fingerprint density at radius 1 is 1.67 bits per heavy atom. The van der Waals surface area contributed by atoms with Gasteiger partial charge in [0.05, 0.1) is 0 Å². The minimum atomic E-state index is 0.514. The summed E-state index contributed by atoms with van der Waals surface area (Å²) >= 11 is 0. The molecule has 0 aromatic carbocycles. The van der Waals surface area contributed by atoms with Crippen LogP contribution in [0, 0.1) is 11.8 Å². The molecule has 1 N–H and O–H groups in total. The minimum absolute atomic E-state index is 0.514. The van der Waals surface area contributed by atoms with Crippen LogP contribution < -0.4 is 5.32 Å². The molecule has 12 heavy (non-hydrogen) atoms. The van der Waals surface area contributed by atoms with E-state index in [0.717, 1.165) is 11.8 Å². The van der Waals surface area contributed by atoms with E-state index in [1.807, 2.05) is 0 Å². The van der Waals surface area contributed by atoms with Crippen molar-refractivity contribution in [2.45, 2.75) is 25.4 Å². The van der Waals surface area contributed by atoms with Gasteiger partial charge in [0.15, 0.2) is 0 Å². The Hall–Kier alpha value is -0.780. The molecule has 1 saturated carbocycles. The summed E-state index contributed by atoms with van der Waals surface area (Å²) in [6.45, 7) is 6.37. The predicted molar refractivity (Wildman–Crippen MR) is 48.7 cm³/mol. The van der Waals surface area contributed by atoms with Crippen molar-refractivity contribution in [1.82, 2.24) is 5.32 Å². The van der Waals surface area contributed by atoms with Gasteiger partial charge in [-0.3, -0.25) is 0 Å². The van der Waals surface area contributed by atoms with Crippen molar-refractivity contribution in [3.05, 3.63) is 29.5 Å². The second-order valence-electron chi connectivity index (χ2n) is 4.11. The van der Waals surface area contributed by atoms with Gasteiger partial charge >= 0.3 is 0 Å². The largest absolute Gasteiger partial charge is 0.303 e. The third-order valence-corrected chi connectivity index (χ3v) is 3.58. The third-order valence-electron chi connectivity index (χ3n) is 3.58. The van der Waals surface area contributed by atoms with Crippen molar-refractivity contribution >= 4 is 0 Å². The highest BCUT2D eigenvalue weighted by Crippen LogP contribution is 2.52. The molecule has 1 heteroatoms. The Bertz CT molecular complexity index is 320. The molecule has 0 bridgehead atoms. The second kappa shape index (κ2) is 1.93. The number of fused-ring (bicyclic) bond motifs is 4. The SMILES string of the molecule is C=C1C(C)NC2C3=C=CC[C@@H]3C12. The van der Waals surface area contributed by atoms with Gasteiger partial charge < -0.3 is 5.32 Å². The predicted octanol–water partition coefficient (Wildman–Crippen LogP) is 1.63. The van der Waals surface area contributed by atoms with Crippen LogP contribution in [0.3, 0.4) is 0 Å². The van der Waals surface area contributed by atoms with Gasteiger partial charge in [0, 0.05) is 23.9 Å². The van der Waals surface area contributed by atoms with Crippen molar-refractivity contribution in [1.29, 1.82) is 0 Å². The average Bonchev–Trinajstić information content (AvgIpc) is 2.52. The fourth-order valence-corrected chi connectivity index (χ4v) is 2.84. The van der Waals surface area contributed by atoms with E-state index in [-0.39, 0.29) is 0 Å². The molecular formula is C11H13N. The molecule has 0 radical (unpaired) electrons. The van der Waals surface area contributed by atoms with Gasteiger partial charge in [-0.1, -0.05) is 12.2 Å². The molecule has 1 aliphatic heterocycles. The second-order valence-corrected chi connectivity index (χ2v) is 4.11. The van der Waals surface area contributed by atoms with Crippen LogP contribution in [0.15, 0.2) is 29.5 Å². The molecule has 1 saturated heterocycles. The van der Waals surface area contributed by atoms with Gasteiger partial charge in [-0.05, 0) is 25.0 Å². The zero-order valence-electron chi connectivity index (χ0n) is 7.30. The number of hydrogen-bond acceptors (Lipinski definition) is 1. The normalized spacial score (nSPS) is 48.4. The van der Waals surface area contributed by atoms with Crippen LogP contribution in [0.25, 0.3) is 0 Å². The van der Waals surface area contributed by atoms with Crippen LogP contribution in [-0.2, 0) is 0 Å². The molecule has 0 aromatic rings.